The molecule has 0 amide bonds. The molecule has 2 nitrogen and oxygen atoms in total. The SMILES string of the molecule is Clc1nc2ncccc2cc1I. The Morgan fingerprint density at radius 3 is 3.08 bits per heavy atom. The summed E-state index contributed by atoms with van der Waals surface area (Å²) in [6.07, 6.45) is 1.71. The van der Waals surface area contributed by atoms with Crippen LogP contribution in [0.25, 0.3) is 11.0 Å². The molecule has 0 spiro atoms. The van der Waals surface area contributed by atoms with E-state index in [4.69, 9.17) is 11.6 Å². The fraction of sp³-hybridized carbons (Fsp3) is 0. The van der Waals surface area contributed by atoms with Crippen LogP contribution in [0.1, 0.15) is 0 Å². The molecule has 0 aliphatic rings. The average Bonchev–Trinajstić information content (AvgIpc) is 2.07. The van der Waals surface area contributed by atoms with Gasteiger partial charge in [0.25, 0.3) is 0 Å². The Labute approximate surface area is 88.1 Å². The largest absolute Gasteiger partial charge is 0.237 e. The highest BCUT2D eigenvalue weighted by molar-refractivity contribution is 14.1. The van der Waals surface area contributed by atoms with Crippen molar-refractivity contribution in [2.24, 2.45) is 0 Å². The first-order chi connectivity index (χ1) is 5.77. The monoisotopic (exact) mass is 290 g/mol. The summed E-state index contributed by atoms with van der Waals surface area (Å²) in [4.78, 5) is 8.21. The highest BCUT2D eigenvalue weighted by atomic mass is 127. The number of hydrogen-bond donors (Lipinski definition) is 0. The van der Waals surface area contributed by atoms with Gasteiger partial charge in [-0.1, -0.05) is 11.6 Å². The van der Waals surface area contributed by atoms with Gasteiger partial charge >= 0.3 is 0 Å². The van der Waals surface area contributed by atoms with Gasteiger partial charge in [0, 0.05) is 11.6 Å². The van der Waals surface area contributed by atoms with Crippen LogP contribution in [0.2, 0.25) is 5.15 Å². The molecule has 0 radical (unpaired) electrons. The first kappa shape index (κ1) is 8.19. The molecule has 0 N–H and O–H groups in total. The normalized spacial score (nSPS) is 10.5. The molecule has 4 heteroatoms. The predicted molar refractivity (Wildman–Crippen MR) is 57.3 cm³/mol. The van der Waals surface area contributed by atoms with E-state index in [1.165, 1.54) is 0 Å². The summed E-state index contributed by atoms with van der Waals surface area (Å²) in [6, 6.07) is 5.82. The van der Waals surface area contributed by atoms with Crippen LogP contribution in [-0.4, -0.2) is 9.97 Å². The van der Waals surface area contributed by atoms with Crippen molar-refractivity contribution in [2.45, 2.75) is 0 Å². The Hall–Kier alpha value is -0.420. The van der Waals surface area contributed by atoms with Crippen molar-refractivity contribution >= 4 is 45.2 Å². The lowest BCUT2D eigenvalue weighted by Gasteiger charge is -1.97. The van der Waals surface area contributed by atoms with Crippen LogP contribution in [0.15, 0.2) is 24.4 Å². The van der Waals surface area contributed by atoms with Crippen molar-refractivity contribution in [3.63, 3.8) is 0 Å². The quantitative estimate of drug-likeness (QED) is 0.551. The van der Waals surface area contributed by atoms with Crippen LogP contribution in [0, 0.1) is 3.57 Å². The van der Waals surface area contributed by atoms with Gasteiger partial charge in [-0.3, -0.25) is 0 Å². The molecular formula is C8H4ClIN2. The second-order valence-corrected chi connectivity index (χ2v) is 3.83. The Balaban J connectivity index is 2.84. The lowest BCUT2D eigenvalue weighted by molar-refractivity contribution is 1.28. The number of hydrogen-bond acceptors (Lipinski definition) is 2. The van der Waals surface area contributed by atoms with E-state index in [1.54, 1.807) is 6.20 Å². The Kier molecular flexibility index (Phi) is 2.14. The van der Waals surface area contributed by atoms with Gasteiger partial charge in [0.05, 0.1) is 3.57 Å². The van der Waals surface area contributed by atoms with Gasteiger partial charge in [-0.25, -0.2) is 9.97 Å². The van der Waals surface area contributed by atoms with Crippen LogP contribution in [-0.2, 0) is 0 Å². The maximum absolute atomic E-state index is 5.83. The topological polar surface area (TPSA) is 25.8 Å². The summed E-state index contributed by atoms with van der Waals surface area (Å²) in [5.74, 6) is 0. The van der Waals surface area contributed by atoms with Crippen molar-refractivity contribution < 1.29 is 0 Å². The van der Waals surface area contributed by atoms with Crippen molar-refractivity contribution in [3.05, 3.63) is 33.1 Å². The molecular weight excluding hydrogens is 286 g/mol. The van der Waals surface area contributed by atoms with E-state index in [0.717, 1.165) is 8.96 Å². The Morgan fingerprint density at radius 2 is 2.25 bits per heavy atom. The zero-order valence-electron chi connectivity index (χ0n) is 5.96. The Bertz CT molecular complexity index is 390. The molecule has 0 fully saturated rings. The summed E-state index contributed by atoms with van der Waals surface area (Å²) < 4.78 is 0.953. The number of aromatic nitrogens is 2. The van der Waals surface area contributed by atoms with E-state index in [2.05, 4.69) is 32.6 Å². The van der Waals surface area contributed by atoms with Crippen LogP contribution in [0.3, 0.4) is 0 Å². The molecule has 0 saturated heterocycles. The highest BCUT2D eigenvalue weighted by Gasteiger charge is 2.00. The molecule has 0 atom stereocenters. The van der Waals surface area contributed by atoms with Crippen LogP contribution >= 0.6 is 34.2 Å². The second-order valence-electron chi connectivity index (χ2n) is 2.31. The molecule has 2 aromatic rings. The first-order valence-electron chi connectivity index (χ1n) is 3.34. The zero-order chi connectivity index (χ0) is 8.55. The average molecular weight is 290 g/mol. The van der Waals surface area contributed by atoms with Crippen molar-refractivity contribution in [2.75, 3.05) is 0 Å². The molecule has 2 aromatic heterocycles. The molecule has 0 saturated carbocycles. The van der Waals surface area contributed by atoms with Gasteiger partial charge in [-0.15, -0.1) is 0 Å². The number of halogens is 2. The van der Waals surface area contributed by atoms with Crippen LogP contribution in [0.5, 0.6) is 0 Å². The first-order valence-corrected chi connectivity index (χ1v) is 4.80. The van der Waals surface area contributed by atoms with Gasteiger partial charge in [-0.2, -0.15) is 0 Å². The van der Waals surface area contributed by atoms with Crippen molar-refractivity contribution in [1.82, 2.24) is 9.97 Å². The predicted octanol–water partition coefficient (Wildman–Crippen LogP) is 2.89. The van der Waals surface area contributed by atoms with Crippen molar-refractivity contribution in [3.8, 4) is 0 Å². The lowest BCUT2D eigenvalue weighted by atomic mass is 10.3. The zero-order valence-corrected chi connectivity index (χ0v) is 8.87. The van der Waals surface area contributed by atoms with Gasteiger partial charge in [0.1, 0.15) is 5.15 Å². The van der Waals surface area contributed by atoms with Crippen LogP contribution in [0.4, 0.5) is 0 Å². The summed E-state index contributed by atoms with van der Waals surface area (Å²) in [7, 11) is 0. The van der Waals surface area contributed by atoms with E-state index in [9.17, 15) is 0 Å². The minimum Gasteiger partial charge on any atom is -0.237 e. The number of fused-ring (bicyclic) bond motifs is 1. The molecule has 0 aliphatic heterocycles. The van der Waals surface area contributed by atoms with Gasteiger partial charge in [0.2, 0.25) is 0 Å². The maximum atomic E-state index is 5.83. The molecule has 60 valence electrons. The summed E-state index contributed by atoms with van der Waals surface area (Å²) >= 11 is 7.98. The molecule has 0 unspecified atom stereocenters. The summed E-state index contributed by atoms with van der Waals surface area (Å²) in [5.41, 5.74) is 0.697. The molecule has 12 heavy (non-hydrogen) atoms. The van der Waals surface area contributed by atoms with Gasteiger partial charge in [-0.05, 0) is 40.8 Å². The minimum atomic E-state index is 0.516. The number of nitrogens with zero attached hydrogens (tertiary/aromatic N) is 2. The smallest absolute Gasteiger partial charge is 0.160 e. The number of pyridine rings is 2. The molecule has 0 aliphatic carbocycles. The molecule has 0 bridgehead atoms. The van der Waals surface area contributed by atoms with Crippen molar-refractivity contribution in [1.29, 1.82) is 0 Å². The third kappa shape index (κ3) is 1.38. The molecule has 0 aromatic carbocycles. The fourth-order valence-corrected chi connectivity index (χ4v) is 1.55. The number of rotatable bonds is 0. The molecule has 2 heterocycles. The van der Waals surface area contributed by atoms with E-state index < -0.39 is 0 Å². The second kappa shape index (κ2) is 3.14. The third-order valence-electron chi connectivity index (χ3n) is 1.50. The van der Waals surface area contributed by atoms with E-state index in [0.29, 0.717) is 10.8 Å². The van der Waals surface area contributed by atoms with Gasteiger partial charge < -0.3 is 0 Å². The summed E-state index contributed by atoms with van der Waals surface area (Å²) in [5, 5.41) is 1.54. The maximum Gasteiger partial charge on any atom is 0.160 e. The Morgan fingerprint density at radius 1 is 1.42 bits per heavy atom. The standard InChI is InChI=1S/C8H4ClIN2/c9-7-6(10)4-5-2-1-3-11-8(5)12-7/h1-4H. The van der Waals surface area contributed by atoms with E-state index in [1.807, 2.05) is 18.2 Å². The lowest BCUT2D eigenvalue weighted by Crippen LogP contribution is -1.85. The highest BCUT2D eigenvalue weighted by Crippen LogP contribution is 2.19. The van der Waals surface area contributed by atoms with E-state index >= 15 is 0 Å². The summed E-state index contributed by atoms with van der Waals surface area (Å²) in [6.45, 7) is 0. The third-order valence-corrected chi connectivity index (χ3v) is 2.93. The van der Waals surface area contributed by atoms with Crippen LogP contribution < -0.4 is 0 Å². The fourth-order valence-electron chi connectivity index (χ4n) is 0.958. The van der Waals surface area contributed by atoms with Gasteiger partial charge in [0.15, 0.2) is 5.65 Å². The minimum absolute atomic E-state index is 0.516. The van der Waals surface area contributed by atoms with E-state index in [-0.39, 0.29) is 0 Å². The molecule has 2 rings (SSSR count).